The lowest BCUT2D eigenvalue weighted by atomic mass is 10.1. The molecule has 3 N–H and O–H groups in total. The van der Waals surface area contributed by atoms with Crippen molar-refractivity contribution in [2.75, 3.05) is 43.6 Å². The molecule has 0 aliphatic carbocycles. The summed E-state index contributed by atoms with van der Waals surface area (Å²) in [5, 5.41) is 8.66. The van der Waals surface area contributed by atoms with Gasteiger partial charge in [-0.3, -0.25) is 4.79 Å². The molecule has 1 aromatic carbocycles. The normalized spacial score (nSPS) is 14.5. The fourth-order valence-corrected chi connectivity index (χ4v) is 3.22. The second-order valence-corrected chi connectivity index (χ2v) is 8.21. The minimum absolute atomic E-state index is 0.128. The topological polar surface area (TPSA) is 82.7 Å². The number of methoxy groups -OCH3 is 1. The van der Waals surface area contributed by atoms with Gasteiger partial charge in [0.15, 0.2) is 0 Å². The Balaban J connectivity index is 2.17. The first-order chi connectivity index (χ1) is 13.3. The van der Waals surface area contributed by atoms with Crippen molar-refractivity contribution >= 4 is 23.3 Å². The van der Waals surface area contributed by atoms with E-state index in [9.17, 15) is 9.59 Å². The first-order valence-corrected chi connectivity index (χ1v) is 10.1. The van der Waals surface area contributed by atoms with Crippen LogP contribution in [-0.2, 0) is 4.74 Å². The molecule has 1 aliphatic rings. The monoisotopic (exact) mass is 390 g/mol. The molecule has 0 unspecified atom stereocenters. The molecular formula is C21H34N4O3. The molecule has 0 aromatic heterocycles. The maximum absolute atomic E-state index is 12.8. The van der Waals surface area contributed by atoms with Gasteiger partial charge in [0.1, 0.15) is 0 Å². The smallest absolute Gasteiger partial charge is 0.319 e. The zero-order chi connectivity index (χ0) is 20.6. The van der Waals surface area contributed by atoms with Crippen LogP contribution in [0.25, 0.3) is 0 Å². The summed E-state index contributed by atoms with van der Waals surface area (Å²) in [5.74, 6) is -0.128. The highest BCUT2D eigenvalue weighted by molar-refractivity contribution is 6.02. The van der Waals surface area contributed by atoms with Crippen molar-refractivity contribution in [2.45, 2.75) is 52.0 Å². The molecule has 1 aliphatic heterocycles. The number of ether oxygens (including phenoxy) is 1. The van der Waals surface area contributed by atoms with E-state index in [1.807, 2.05) is 32.9 Å². The van der Waals surface area contributed by atoms with E-state index < -0.39 is 0 Å². The molecular weight excluding hydrogens is 356 g/mol. The van der Waals surface area contributed by atoms with Crippen molar-refractivity contribution in [2.24, 2.45) is 0 Å². The minimum atomic E-state index is -0.334. The SMILES string of the molecule is COCCCNC(=O)c1cc(NC(=O)NC(C)(C)C)ccc1N1CCCCC1. The number of hydrogen-bond acceptors (Lipinski definition) is 4. The van der Waals surface area contributed by atoms with E-state index in [0.717, 1.165) is 38.0 Å². The van der Waals surface area contributed by atoms with Crippen LogP contribution in [0, 0.1) is 0 Å². The minimum Gasteiger partial charge on any atom is -0.385 e. The van der Waals surface area contributed by atoms with Crippen molar-refractivity contribution in [3.05, 3.63) is 23.8 Å². The van der Waals surface area contributed by atoms with Crippen molar-refractivity contribution in [3.63, 3.8) is 0 Å². The van der Waals surface area contributed by atoms with Crippen LogP contribution < -0.4 is 20.9 Å². The molecule has 28 heavy (non-hydrogen) atoms. The van der Waals surface area contributed by atoms with Crippen LogP contribution in [0.15, 0.2) is 18.2 Å². The average molecular weight is 391 g/mol. The quantitative estimate of drug-likeness (QED) is 0.624. The lowest BCUT2D eigenvalue weighted by Crippen LogP contribution is -2.43. The van der Waals surface area contributed by atoms with E-state index in [2.05, 4.69) is 20.9 Å². The van der Waals surface area contributed by atoms with Gasteiger partial charge in [0.2, 0.25) is 0 Å². The third kappa shape index (κ3) is 7.03. The predicted molar refractivity (Wildman–Crippen MR) is 113 cm³/mol. The summed E-state index contributed by atoms with van der Waals surface area (Å²) in [6, 6.07) is 5.26. The van der Waals surface area contributed by atoms with Crippen LogP contribution in [0.4, 0.5) is 16.2 Å². The molecule has 7 heteroatoms. The van der Waals surface area contributed by atoms with E-state index in [4.69, 9.17) is 4.74 Å². The fraction of sp³-hybridized carbons (Fsp3) is 0.619. The molecule has 0 atom stereocenters. The van der Waals surface area contributed by atoms with Crippen molar-refractivity contribution in [1.82, 2.24) is 10.6 Å². The standard InChI is InChI=1S/C21H34N4O3/c1-21(2,3)24-20(27)23-16-9-10-18(25-12-6-5-7-13-25)17(15-16)19(26)22-11-8-14-28-4/h9-10,15H,5-8,11-14H2,1-4H3,(H,22,26)(H2,23,24,27). The van der Waals surface area contributed by atoms with Crippen molar-refractivity contribution in [1.29, 1.82) is 0 Å². The first kappa shape index (κ1) is 22.0. The Hall–Kier alpha value is -2.28. The maximum Gasteiger partial charge on any atom is 0.319 e. The van der Waals surface area contributed by atoms with Crippen LogP contribution in [0.5, 0.6) is 0 Å². The Morgan fingerprint density at radius 1 is 1.14 bits per heavy atom. The molecule has 3 amide bonds. The van der Waals surface area contributed by atoms with Crippen LogP contribution in [-0.4, -0.2) is 50.8 Å². The second-order valence-electron chi connectivity index (χ2n) is 8.21. The third-order valence-corrected chi connectivity index (χ3v) is 4.50. The van der Waals surface area contributed by atoms with E-state index in [0.29, 0.717) is 24.4 Å². The largest absolute Gasteiger partial charge is 0.385 e. The summed E-state index contributed by atoms with van der Waals surface area (Å²) in [4.78, 5) is 27.3. The number of carbonyl (C=O) groups is 2. The van der Waals surface area contributed by atoms with Gasteiger partial charge in [-0.1, -0.05) is 0 Å². The molecule has 1 aromatic rings. The van der Waals surface area contributed by atoms with Gasteiger partial charge in [0.05, 0.1) is 5.56 Å². The molecule has 0 spiro atoms. The number of piperidine rings is 1. The molecule has 0 saturated carbocycles. The number of hydrogen-bond donors (Lipinski definition) is 3. The number of rotatable bonds is 7. The maximum atomic E-state index is 12.8. The molecule has 2 rings (SSSR count). The second kappa shape index (κ2) is 10.3. The van der Waals surface area contributed by atoms with Crippen LogP contribution in [0.1, 0.15) is 56.8 Å². The number of anilines is 2. The molecule has 1 saturated heterocycles. The Morgan fingerprint density at radius 2 is 1.86 bits per heavy atom. The number of amides is 3. The summed E-state index contributed by atoms with van der Waals surface area (Å²) < 4.78 is 5.04. The Morgan fingerprint density at radius 3 is 2.50 bits per heavy atom. The Bertz CT molecular complexity index is 664. The van der Waals surface area contributed by atoms with Gasteiger partial charge < -0.3 is 25.6 Å². The summed E-state index contributed by atoms with van der Waals surface area (Å²) in [7, 11) is 1.65. The number of nitrogens with zero attached hydrogens (tertiary/aromatic N) is 1. The van der Waals surface area contributed by atoms with Gasteiger partial charge in [0.25, 0.3) is 5.91 Å². The van der Waals surface area contributed by atoms with Gasteiger partial charge in [-0.2, -0.15) is 0 Å². The van der Waals surface area contributed by atoms with Crippen LogP contribution in [0.2, 0.25) is 0 Å². The van der Waals surface area contributed by atoms with Gasteiger partial charge in [0, 0.05) is 50.3 Å². The number of carbonyl (C=O) groups excluding carboxylic acids is 2. The fourth-order valence-electron chi connectivity index (χ4n) is 3.22. The Kier molecular flexibility index (Phi) is 8.11. The molecule has 0 radical (unpaired) electrons. The van der Waals surface area contributed by atoms with Crippen molar-refractivity contribution in [3.8, 4) is 0 Å². The third-order valence-electron chi connectivity index (χ3n) is 4.50. The summed E-state index contributed by atoms with van der Waals surface area (Å²) >= 11 is 0. The first-order valence-electron chi connectivity index (χ1n) is 10.1. The highest BCUT2D eigenvalue weighted by atomic mass is 16.5. The van der Waals surface area contributed by atoms with Gasteiger partial charge >= 0.3 is 6.03 Å². The predicted octanol–water partition coefficient (Wildman–Crippen LogP) is 3.36. The van der Waals surface area contributed by atoms with Crippen LogP contribution >= 0.6 is 0 Å². The molecule has 0 bridgehead atoms. The zero-order valence-corrected chi connectivity index (χ0v) is 17.6. The average Bonchev–Trinajstić information content (AvgIpc) is 2.64. The highest BCUT2D eigenvalue weighted by Crippen LogP contribution is 2.27. The van der Waals surface area contributed by atoms with Gasteiger partial charge in [-0.15, -0.1) is 0 Å². The Labute approximate surface area is 168 Å². The summed E-state index contributed by atoms with van der Waals surface area (Å²) in [5.41, 5.74) is 1.78. The molecule has 1 heterocycles. The number of urea groups is 1. The van der Waals surface area contributed by atoms with E-state index in [1.165, 1.54) is 6.42 Å². The van der Waals surface area contributed by atoms with E-state index >= 15 is 0 Å². The molecule has 7 nitrogen and oxygen atoms in total. The molecule has 156 valence electrons. The molecule has 1 fully saturated rings. The van der Waals surface area contributed by atoms with E-state index in [1.54, 1.807) is 13.2 Å². The lowest BCUT2D eigenvalue weighted by Gasteiger charge is -2.30. The zero-order valence-electron chi connectivity index (χ0n) is 17.6. The van der Waals surface area contributed by atoms with Gasteiger partial charge in [-0.25, -0.2) is 4.79 Å². The van der Waals surface area contributed by atoms with Gasteiger partial charge in [-0.05, 0) is 64.7 Å². The van der Waals surface area contributed by atoms with E-state index in [-0.39, 0.29) is 17.5 Å². The van der Waals surface area contributed by atoms with Crippen LogP contribution in [0.3, 0.4) is 0 Å². The van der Waals surface area contributed by atoms with Crippen molar-refractivity contribution < 1.29 is 14.3 Å². The lowest BCUT2D eigenvalue weighted by molar-refractivity contribution is 0.0949. The highest BCUT2D eigenvalue weighted by Gasteiger charge is 2.20. The number of nitrogens with one attached hydrogen (secondary N) is 3. The summed E-state index contributed by atoms with van der Waals surface area (Å²) in [6.45, 7) is 8.81. The summed E-state index contributed by atoms with van der Waals surface area (Å²) in [6.07, 6.45) is 4.24. The number of benzene rings is 1.